The Kier molecular flexibility index (Phi) is 4.85. The zero-order chi connectivity index (χ0) is 16.9. The van der Waals surface area contributed by atoms with Gasteiger partial charge in [-0.1, -0.05) is 13.8 Å². The van der Waals surface area contributed by atoms with Gasteiger partial charge in [0.15, 0.2) is 5.82 Å². The molecule has 124 valence electrons. The molecule has 2 aromatic rings. The zero-order valence-corrected chi connectivity index (χ0v) is 14.1. The highest BCUT2D eigenvalue weighted by atomic mass is 15.3. The minimum absolute atomic E-state index is 0.678. The van der Waals surface area contributed by atoms with Gasteiger partial charge in [0.05, 0.1) is 11.9 Å². The number of aromatic nitrogens is 4. The van der Waals surface area contributed by atoms with Crippen LogP contribution in [-0.4, -0.2) is 46.3 Å². The number of anilines is 2. The van der Waals surface area contributed by atoms with Crippen molar-refractivity contribution in [2.45, 2.75) is 26.7 Å². The number of rotatable bonds is 4. The zero-order valence-electron chi connectivity index (χ0n) is 14.1. The summed E-state index contributed by atoms with van der Waals surface area (Å²) < 4.78 is 0. The van der Waals surface area contributed by atoms with Gasteiger partial charge in [0.1, 0.15) is 17.5 Å². The third kappa shape index (κ3) is 3.00. The van der Waals surface area contributed by atoms with E-state index in [1.54, 1.807) is 18.6 Å². The van der Waals surface area contributed by atoms with E-state index in [1.165, 1.54) is 0 Å². The molecule has 1 fully saturated rings. The topological polar surface area (TPSA) is 81.8 Å². The second-order valence-electron chi connectivity index (χ2n) is 5.68. The standard InChI is InChI=1S/C17H21N7/c1-3-13-14(11-18)17(22-21-15(13)4-2)24-9-7-23(8-10-24)16-12-19-5-6-20-16/h5-6,12H,3-4,7-10H2,1-2H3. The van der Waals surface area contributed by atoms with E-state index in [9.17, 15) is 5.26 Å². The molecule has 1 saturated heterocycles. The molecule has 0 radical (unpaired) electrons. The van der Waals surface area contributed by atoms with Crippen LogP contribution in [0.3, 0.4) is 0 Å². The van der Waals surface area contributed by atoms with Crippen molar-refractivity contribution >= 4 is 11.6 Å². The summed E-state index contributed by atoms with van der Waals surface area (Å²) in [6.45, 7) is 7.32. The Morgan fingerprint density at radius 3 is 2.38 bits per heavy atom. The quantitative estimate of drug-likeness (QED) is 0.845. The van der Waals surface area contributed by atoms with Gasteiger partial charge in [-0.25, -0.2) is 4.98 Å². The van der Waals surface area contributed by atoms with Crippen molar-refractivity contribution < 1.29 is 0 Å². The van der Waals surface area contributed by atoms with Crippen LogP contribution in [0.1, 0.15) is 30.7 Å². The molecule has 1 aliphatic heterocycles. The Morgan fingerprint density at radius 1 is 1.04 bits per heavy atom. The number of hydrogen-bond donors (Lipinski definition) is 0. The first kappa shape index (κ1) is 16.1. The van der Waals surface area contributed by atoms with Crippen molar-refractivity contribution in [1.29, 1.82) is 5.26 Å². The summed E-state index contributed by atoms with van der Waals surface area (Å²) in [5, 5.41) is 18.3. The van der Waals surface area contributed by atoms with E-state index in [0.717, 1.165) is 56.1 Å². The van der Waals surface area contributed by atoms with E-state index >= 15 is 0 Å². The Bertz CT molecular complexity index is 731. The summed E-state index contributed by atoms with van der Waals surface area (Å²) in [5.74, 6) is 1.60. The summed E-state index contributed by atoms with van der Waals surface area (Å²) >= 11 is 0. The fourth-order valence-corrected chi connectivity index (χ4v) is 3.10. The fourth-order valence-electron chi connectivity index (χ4n) is 3.10. The molecule has 0 saturated carbocycles. The number of piperazine rings is 1. The minimum Gasteiger partial charge on any atom is -0.352 e. The third-order valence-corrected chi connectivity index (χ3v) is 4.39. The largest absolute Gasteiger partial charge is 0.352 e. The lowest BCUT2D eigenvalue weighted by atomic mass is 10.0. The maximum Gasteiger partial charge on any atom is 0.169 e. The van der Waals surface area contributed by atoms with Crippen LogP contribution in [0.5, 0.6) is 0 Å². The molecule has 7 nitrogen and oxygen atoms in total. The highest BCUT2D eigenvalue weighted by molar-refractivity contribution is 5.59. The van der Waals surface area contributed by atoms with E-state index < -0.39 is 0 Å². The van der Waals surface area contributed by atoms with E-state index in [0.29, 0.717) is 11.4 Å². The van der Waals surface area contributed by atoms with Crippen LogP contribution in [0.2, 0.25) is 0 Å². The van der Waals surface area contributed by atoms with Crippen LogP contribution in [0.25, 0.3) is 0 Å². The summed E-state index contributed by atoms with van der Waals surface area (Å²) in [5.41, 5.74) is 2.63. The highest BCUT2D eigenvalue weighted by Crippen LogP contribution is 2.24. The molecule has 0 unspecified atom stereocenters. The van der Waals surface area contributed by atoms with Crippen LogP contribution in [0.4, 0.5) is 11.6 Å². The van der Waals surface area contributed by atoms with Crippen molar-refractivity contribution in [3.05, 3.63) is 35.4 Å². The van der Waals surface area contributed by atoms with Crippen molar-refractivity contribution in [2.75, 3.05) is 36.0 Å². The van der Waals surface area contributed by atoms with Crippen LogP contribution < -0.4 is 9.80 Å². The third-order valence-electron chi connectivity index (χ3n) is 4.39. The first-order valence-corrected chi connectivity index (χ1v) is 8.32. The number of nitrogens with zero attached hydrogens (tertiary/aromatic N) is 7. The number of hydrogen-bond acceptors (Lipinski definition) is 7. The lowest BCUT2D eigenvalue weighted by molar-refractivity contribution is 0.634. The summed E-state index contributed by atoms with van der Waals surface area (Å²) in [6, 6.07) is 2.35. The molecular formula is C17H21N7. The Morgan fingerprint density at radius 2 is 1.79 bits per heavy atom. The summed E-state index contributed by atoms with van der Waals surface area (Å²) in [4.78, 5) is 12.8. The maximum absolute atomic E-state index is 9.64. The predicted octanol–water partition coefficient (Wildman–Crippen LogP) is 1.59. The fraction of sp³-hybridized carbons (Fsp3) is 0.471. The molecule has 2 aromatic heterocycles. The molecule has 0 N–H and O–H groups in total. The van der Waals surface area contributed by atoms with E-state index in [1.807, 2.05) is 6.92 Å². The first-order chi connectivity index (χ1) is 11.8. The smallest absolute Gasteiger partial charge is 0.169 e. The molecular weight excluding hydrogens is 302 g/mol. The van der Waals surface area contributed by atoms with E-state index in [2.05, 4.69) is 43.0 Å². The predicted molar refractivity (Wildman–Crippen MR) is 92.0 cm³/mol. The molecule has 3 rings (SSSR count). The maximum atomic E-state index is 9.64. The van der Waals surface area contributed by atoms with Crippen LogP contribution in [-0.2, 0) is 12.8 Å². The van der Waals surface area contributed by atoms with Crippen molar-refractivity contribution in [3.63, 3.8) is 0 Å². The van der Waals surface area contributed by atoms with E-state index in [4.69, 9.17) is 0 Å². The van der Waals surface area contributed by atoms with Gasteiger partial charge in [0.25, 0.3) is 0 Å². The van der Waals surface area contributed by atoms with Gasteiger partial charge in [-0.15, -0.1) is 5.10 Å². The molecule has 0 atom stereocenters. The lowest BCUT2D eigenvalue weighted by Gasteiger charge is -2.36. The monoisotopic (exact) mass is 323 g/mol. The molecule has 7 heteroatoms. The van der Waals surface area contributed by atoms with Crippen molar-refractivity contribution in [3.8, 4) is 6.07 Å². The average molecular weight is 323 g/mol. The van der Waals surface area contributed by atoms with Gasteiger partial charge in [-0.2, -0.15) is 10.4 Å². The molecule has 0 aromatic carbocycles. The van der Waals surface area contributed by atoms with Crippen molar-refractivity contribution in [2.24, 2.45) is 0 Å². The van der Waals surface area contributed by atoms with Crippen LogP contribution >= 0.6 is 0 Å². The van der Waals surface area contributed by atoms with Gasteiger partial charge in [0.2, 0.25) is 0 Å². The van der Waals surface area contributed by atoms with Gasteiger partial charge < -0.3 is 9.80 Å². The molecule has 1 aliphatic rings. The van der Waals surface area contributed by atoms with Gasteiger partial charge in [0, 0.05) is 38.6 Å². The minimum atomic E-state index is 0.678. The summed E-state index contributed by atoms with van der Waals surface area (Å²) in [7, 11) is 0. The van der Waals surface area contributed by atoms with Gasteiger partial charge >= 0.3 is 0 Å². The van der Waals surface area contributed by atoms with Gasteiger partial charge in [-0.05, 0) is 18.4 Å². The molecule has 0 aliphatic carbocycles. The molecule has 0 amide bonds. The second kappa shape index (κ2) is 7.21. The van der Waals surface area contributed by atoms with Crippen molar-refractivity contribution in [1.82, 2.24) is 20.2 Å². The highest BCUT2D eigenvalue weighted by Gasteiger charge is 2.24. The number of aryl methyl sites for hydroxylation is 1. The van der Waals surface area contributed by atoms with E-state index in [-0.39, 0.29) is 0 Å². The SMILES string of the molecule is CCc1nnc(N2CCN(c3cnccn3)CC2)c(C#N)c1CC. The Labute approximate surface area is 142 Å². The van der Waals surface area contributed by atoms with Crippen LogP contribution in [0, 0.1) is 11.3 Å². The normalized spacial score (nSPS) is 14.5. The van der Waals surface area contributed by atoms with Gasteiger partial charge in [-0.3, -0.25) is 4.98 Å². The molecule has 0 bridgehead atoms. The summed E-state index contributed by atoms with van der Waals surface area (Å²) in [6.07, 6.45) is 6.76. The lowest BCUT2D eigenvalue weighted by Crippen LogP contribution is -2.47. The second-order valence-corrected chi connectivity index (χ2v) is 5.68. The Hall–Kier alpha value is -2.75. The molecule has 24 heavy (non-hydrogen) atoms. The average Bonchev–Trinajstić information content (AvgIpc) is 2.67. The first-order valence-electron chi connectivity index (χ1n) is 8.32. The number of nitriles is 1. The Balaban J connectivity index is 1.81. The molecule has 0 spiro atoms. The van der Waals surface area contributed by atoms with Crippen LogP contribution in [0.15, 0.2) is 18.6 Å². The molecule has 3 heterocycles.